The largest absolute Gasteiger partial charge is 0.461 e. The van der Waals surface area contributed by atoms with Crippen molar-refractivity contribution in [2.24, 2.45) is 0 Å². The van der Waals surface area contributed by atoms with Gasteiger partial charge in [0.15, 0.2) is 5.82 Å². The Morgan fingerprint density at radius 3 is 2.49 bits per heavy atom. The smallest absolute Gasteiger partial charge is 0.410 e. The van der Waals surface area contributed by atoms with Gasteiger partial charge in [-0.2, -0.15) is 9.97 Å². The molecule has 0 spiro atoms. The molecule has 2 unspecified atom stereocenters. The molecule has 2 atom stereocenters. The van der Waals surface area contributed by atoms with Crippen LogP contribution in [-0.4, -0.2) is 86.9 Å². The molecule has 2 aromatic heterocycles. The molecule has 4 saturated heterocycles. The zero-order valence-electron chi connectivity index (χ0n) is 28.1. The number of halogens is 2. The first kappa shape index (κ1) is 31.7. The van der Waals surface area contributed by atoms with Gasteiger partial charge in [-0.05, 0) is 83.8 Å². The number of aromatic nitrogens is 3. The molecule has 2 aromatic carbocycles. The van der Waals surface area contributed by atoms with E-state index in [4.69, 9.17) is 20.9 Å². The summed E-state index contributed by atoms with van der Waals surface area (Å²) in [6, 6.07) is 8.15. The Balaban J connectivity index is 1.22. The molecule has 0 saturated carbocycles. The molecule has 9 nitrogen and oxygen atoms in total. The summed E-state index contributed by atoms with van der Waals surface area (Å²) in [4.78, 5) is 33.8. The second-order valence-electron chi connectivity index (χ2n) is 14.9. The van der Waals surface area contributed by atoms with Crippen LogP contribution in [0.2, 0.25) is 0 Å². The van der Waals surface area contributed by atoms with Crippen molar-refractivity contribution < 1.29 is 23.0 Å². The molecule has 6 heterocycles. The number of piperazine rings is 1. The van der Waals surface area contributed by atoms with Gasteiger partial charge < -0.3 is 14.4 Å². The van der Waals surface area contributed by atoms with Crippen LogP contribution in [0.1, 0.15) is 64.9 Å². The number of benzene rings is 2. The van der Waals surface area contributed by atoms with Crippen LogP contribution in [0, 0.1) is 24.0 Å². The average Bonchev–Trinajstić information content (AvgIpc) is 3.73. The molecule has 1 amide bonds. The Morgan fingerprint density at radius 1 is 1.06 bits per heavy atom. The number of amides is 1. The van der Waals surface area contributed by atoms with Gasteiger partial charge in [0.1, 0.15) is 35.1 Å². The lowest BCUT2D eigenvalue weighted by Crippen LogP contribution is -2.57. The molecule has 0 N–H and O–H groups in total. The second kappa shape index (κ2) is 11.8. The summed E-state index contributed by atoms with van der Waals surface area (Å²) < 4.78 is 44.0. The van der Waals surface area contributed by atoms with Crippen molar-refractivity contribution in [1.82, 2.24) is 24.8 Å². The number of terminal acetylenes is 1. The standard InChI is InChI=1S/C38H40F2N6O3/c1-5-26-29(39)14-11-23-9-6-10-27(30(23)26)32-31(40)33-28(19-41-32)34(43-35(42-33)48-22-38-15-7-17-45(38)18-8-16-38)44-20-24-12-13-25(21-44)46(24)36(47)49-37(2,3)4/h1,6,9-11,14,19,24-25H,7-8,12-13,15-18,20-22H2,2-4H3. The first-order valence-electron chi connectivity index (χ1n) is 17.2. The highest BCUT2D eigenvalue weighted by Crippen LogP contribution is 2.41. The topological polar surface area (TPSA) is 83.9 Å². The number of pyridine rings is 1. The number of carbonyl (C=O) groups excluding carboxylic acids is 1. The van der Waals surface area contributed by atoms with E-state index in [0.717, 1.165) is 51.6 Å². The van der Waals surface area contributed by atoms with Gasteiger partial charge in [0.2, 0.25) is 0 Å². The number of hydrogen-bond donors (Lipinski definition) is 0. The van der Waals surface area contributed by atoms with Crippen LogP contribution in [0.5, 0.6) is 6.01 Å². The van der Waals surface area contributed by atoms with Crippen LogP contribution < -0.4 is 9.64 Å². The maximum Gasteiger partial charge on any atom is 0.410 e. The van der Waals surface area contributed by atoms with Crippen molar-refractivity contribution in [3.8, 4) is 29.6 Å². The molecule has 2 bridgehead atoms. The highest BCUT2D eigenvalue weighted by atomic mass is 19.1. The number of rotatable bonds is 5. The maximum absolute atomic E-state index is 16.9. The molecule has 254 valence electrons. The van der Waals surface area contributed by atoms with Crippen LogP contribution in [0.3, 0.4) is 0 Å². The molecule has 49 heavy (non-hydrogen) atoms. The first-order valence-corrected chi connectivity index (χ1v) is 17.2. The van der Waals surface area contributed by atoms with E-state index in [1.807, 2.05) is 31.7 Å². The maximum atomic E-state index is 16.9. The lowest BCUT2D eigenvalue weighted by molar-refractivity contribution is 0.0122. The molecule has 11 heteroatoms. The first-order chi connectivity index (χ1) is 23.5. The minimum absolute atomic E-state index is 0.0157. The van der Waals surface area contributed by atoms with E-state index >= 15 is 4.39 Å². The number of anilines is 1. The normalized spacial score (nSPS) is 21.7. The Morgan fingerprint density at radius 2 is 1.80 bits per heavy atom. The summed E-state index contributed by atoms with van der Waals surface area (Å²) in [6.45, 7) is 9.11. The minimum Gasteiger partial charge on any atom is -0.461 e. The number of ether oxygens (including phenoxy) is 2. The van der Waals surface area contributed by atoms with Crippen LogP contribution in [0.15, 0.2) is 36.5 Å². The van der Waals surface area contributed by atoms with Gasteiger partial charge >= 0.3 is 12.1 Å². The fraction of sp³-hybridized carbons (Fsp3) is 0.474. The van der Waals surface area contributed by atoms with Crippen LogP contribution >= 0.6 is 0 Å². The van der Waals surface area contributed by atoms with E-state index < -0.39 is 17.2 Å². The summed E-state index contributed by atoms with van der Waals surface area (Å²) in [6.07, 6.45) is 13.0. The predicted octanol–water partition coefficient (Wildman–Crippen LogP) is 6.70. The number of hydrogen-bond acceptors (Lipinski definition) is 8. The van der Waals surface area contributed by atoms with Crippen LogP contribution in [-0.2, 0) is 4.74 Å². The third kappa shape index (κ3) is 5.41. The molecule has 4 aliphatic heterocycles. The van der Waals surface area contributed by atoms with Crippen molar-refractivity contribution >= 4 is 33.6 Å². The van der Waals surface area contributed by atoms with Gasteiger partial charge in [0, 0.05) is 30.2 Å². The Hall–Kier alpha value is -4.56. The van der Waals surface area contributed by atoms with Gasteiger partial charge in [-0.25, -0.2) is 13.6 Å². The molecule has 4 aliphatic rings. The van der Waals surface area contributed by atoms with Gasteiger partial charge in [0.25, 0.3) is 0 Å². The number of fused-ring (bicyclic) bond motifs is 5. The summed E-state index contributed by atoms with van der Waals surface area (Å²) in [7, 11) is 0. The predicted molar refractivity (Wildman–Crippen MR) is 183 cm³/mol. The molecule has 4 aromatic rings. The number of nitrogens with zero attached hydrogens (tertiary/aromatic N) is 6. The van der Waals surface area contributed by atoms with Crippen molar-refractivity contribution in [2.45, 2.75) is 82.5 Å². The highest BCUT2D eigenvalue weighted by molar-refractivity contribution is 6.02. The lowest BCUT2D eigenvalue weighted by atomic mass is 9.95. The summed E-state index contributed by atoms with van der Waals surface area (Å²) in [5, 5.41) is 1.53. The summed E-state index contributed by atoms with van der Waals surface area (Å²) in [5.41, 5.74) is -0.151. The summed E-state index contributed by atoms with van der Waals surface area (Å²) >= 11 is 0. The van der Waals surface area contributed by atoms with Crippen LogP contribution in [0.4, 0.5) is 19.4 Å². The van der Waals surface area contributed by atoms with E-state index in [9.17, 15) is 9.18 Å². The van der Waals surface area contributed by atoms with Crippen LogP contribution in [0.25, 0.3) is 32.9 Å². The van der Waals surface area contributed by atoms with Gasteiger partial charge in [-0.15, -0.1) is 6.42 Å². The third-order valence-corrected chi connectivity index (χ3v) is 10.7. The number of carbonyl (C=O) groups is 1. The SMILES string of the molecule is C#Cc1c(F)ccc2cccc(-c3ncc4c(N5CC6CCC(C5)N6C(=O)OC(C)(C)C)nc(OCC56CCCN5CCC6)nc4c3F)c12. The molecule has 0 radical (unpaired) electrons. The Labute approximate surface area is 284 Å². The minimum atomic E-state index is -0.664. The second-order valence-corrected chi connectivity index (χ2v) is 14.9. The molecular formula is C38H40F2N6O3. The molecular weight excluding hydrogens is 626 g/mol. The van der Waals surface area contributed by atoms with E-state index in [1.165, 1.54) is 6.07 Å². The molecule has 8 rings (SSSR count). The van der Waals surface area contributed by atoms with Gasteiger partial charge in [-0.1, -0.05) is 30.2 Å². The monoisotopic (exact) mass is 666 g/mol. The highest BCUT2D eigenvalue weighted by Gasteiger charge is 2.46. The lowest BCUT2D eigenvalue weighted by Gasteiger charge is -2.42. The van der Waals surface area contributed by atoms with E-state index in [2.05, 4.69) is 25.7 Å². The fourth-order valence-corrected chi connectivity index (χ4v) is 8.56. The van der Waals surface area contributed by atoms with Crippen molar-refractivity contribution in [1.29, 1.82) is 0 Å². The van der Waals surface area contributed by atoms with Crippen molar-refractivity contribution in [3.63, 3.8) is 0 Å². The van der Waals surface area contributed by atoms with Gasteiger partial charge in [-0.3, -0.25) is 14.8 Å². The van der Waals surface area contributed by atoms with Crippen molar-refractivity contribution in [3.05, 3.63) is 53.7 Å². The van der Waals surface area contributed by atoms with E-state index in [1.54, 1.807) is 24.4 Å². The Kier molecular flexibility index (Phi) is 7.63. The quantitative estimate of drug-likeness (QED) is 0.218. The zero-order valence-corrected chi connectivity index (χ0v) is 28.1. The van der Waals surface area contributed by atoms with E-state index in [-0.39, 0.29) is 46.5 Å². The summed E-state index contributed by atoms with van der Waals surface area (Å²) in [5.74, 6) is 1.74. The fourth-order valence-electron chi connectivity index (χ4n) is 8.56. The molecule has 0 aliphatic carbocycles. The van der Waals surface area contributed by atoms with E-state index in [0.29, 0.717) is 47.2 Å². The van der Waals surface area contributed by atoms with Gasteiger partial charge in [0.05, 0.1) is 28.6 Å². The average molecular weight is 667 g/mol. The third-order valence-electron chi connectivity index (χ3n) is 10.7. The Bertz CT molecular complexity index is 2000. The zero-order chi connectivity index (χ0) is 34.1. The van der Waals surface area contributed by atoms with Crippen molar-refractivity contribution in [2.75, 3.05) is 37.7 Å². The molecule has 4 fully saturated rings.